The molecule has 0 heterocycles. The van der Waals surface area contributed by atoms with E-state index < -0.39 is 18.7 Å². The summed E-state index contributed by atoms with van der Waals surface area (Å²) in [5.74, 6) is -1.26. The van der Waals surface area contributed by atoms with Crippen LogP contribution in [0.5, 0.6) is 0 Å². The zero-order valence-electron chi connectivity index (χ0n) is 4.65. The van der Waals surface area contributed by atoms with Crippen molar-refractivity contribution in [1.82, 2.24) is 0 Å². The van der Waals surface area contributed by atoms with E-state index in [1.807, 2.05) is 0 Å². The molecule has 52 valence electrons. The lowest BCUT2D eigenvalue weighted by Gasteiger charge is -2.03. The van der Waals surface area contributed by atoms with Gasteiger partial charge in [-0.3, -0.25) is 0 Å². The van der Waals surface area contributed by atoms with Crippen molar-refractivity contribution in [2.24, 2.45) is 5.16 Å². The molecule has 0 aromatic heterocycles. The van der Waals surface area contributed by atoms with Crippen LogP contribution in [0.4, 0.5) is 0 Å². The van der Waals surface area contributed by atoms with Crippen LogP contribution in [0, 0.1) is 0 Å². The zero-order chi connectivity index (χ0) is 7.28. The Kier molecular flexibility index (Phi) is 3.38. The van der Waals surface area contributed by atoms with Crippen LogP contribution in [-0.2, 0) is 9.63 Å². The summed E-state index contributed by atoms with van der Waals surface area (Å²) in [6.07, 6.45) is -1.29. The van der Waals surface area contributed by atoms with Crippen LogP contribution in [-0.4, -0.2) is 35.6 Å². The minimum absolute atomic E-state index is 0.603. The van der Waals surface area contributed by atoms with Crippen molar-refractivity contribution in [2.75, 3.05) is 6.61 Å². The molecule has 0 aromatic carbocycles. The summed E-state index contributed by atoms with van der Waals surface area (Å²) in [7, 11) is 0. The number of rotatable bonds is 4. The number of hydrogen-bond donors (Lipinski definition) is 2. The highest BCUT2D eigenvalue weighted by atomic mass is 16.7. The van der Waals surface area contributed by atoms with Crippen molar-refractivity contribution in [2.45, 2.75) is 6.10 Å². The Balaban J connectivity index is 3.67. The lowest BCUT2D eigenvalue weighted by Crippen LogP contribution is -2.25. The molecule has 0 spiro atoms. The van der Waals surface area contributed by atoms with Crippen molar-refractivity contribution in [3.63, 3.8) is 0 Å². The van der Waals surface area contributed by atoms with Crippen LogP contribution in [0.15, 0.2) is 5.16 Å². The minimum Gasteiger partial charge on any atom is -0.478 e. The fourth-order valence-corrected chi connectivity index (χ4v) is 0.246. The first-order chi connectivity index (χ1) is 4.22. The molecule has 0 aliphatic carbocycles. The van der Waals surface area contributed by atoms with E-state index >= 15 is 0 Å². The molecule has 0 bridgehead atoms. The second-order valence-corrected chi connectivity index (χ2v) is 1.24. The van der Waals surface area contributed by atoms with Crippen molar-refractivity contribution in [3.05, 3.63) is 0 Å². The zero-order valence-corrected chi connectivity index (χ0v) is 4.65. The van der Waals surface area contributed by atoms with E-state index in [1.54, 1.807) is 0 Å². The number of carboxylic acids is 1. The van der Waals surface area contributed by atoms with Gasteiger partial charge in [-0.25, -0.2) is 4.79 Å². The van der Waals surface area contributed by atoms with E-state index in [4.69, 9.17) is 10.2 Å². The van der Waals surface area contributed by atoms with Crippen molar-refractivity contribution in [1.29, 1.82) is 0 Å². The first-order valence-electron chi connectivity index (χ1n) is 2.18. The average molecular weight is 133 g/mol. The summed E-state index contributed by atoms with van der Waals surface area (Å²) in [6.45, 7) is 2.28. The van der Waals surface area contributed by atoms with E-state index in [9.17, 15) is 4.79 Å². The summed E-state index contributed by atoms with van der Waals surface area (Å²) < 4.78 is 0. The van der Waals surface area contributed by atoms with Gasteiger partial charge in [0, 0.05) is 6.72 Å². The molecule has 0 amide bonds. The van der Waals surface area contributed by atoms with Gasteiger partial charge in [0.05, 0.1) is 6.61 Å². The Labute approximate surface area is 51.5 Å². The lowest BCUT2D eigenvalue weighted by atomic mass is 10.4. The average Bonchev–Trinajstić information content (AvgIpc) is 1.82. The first kappa shape index (κ1) is 7.90. The molecule has 0 unspecified atom stereocenters. The molecule has 9 heavy (non-hydrogen) atoms. The van der Waals surface area contributed by atoms with E-state index in [0.29, 0.717) is 0 Å². The van der Waals surface area contributed by atoms with Crippen LogP contribution in [0.25, 0.3) is 0 Å². The van der Waals surface area contributed by atoms with Crippen LogP contribution in [0.1, 0.15) is 0 Å². The minimum atomic E-state index is -1.29. The maximum atomic E-state index is 9.95. The SMILES string of the molecule is C=NO[C@H](CO)C(=O)O. The van der Waals surface area contributed by atoms with E-state index in [0.717, 1.165) is 0 Å². The standard InChI is InChI=1S/C4H7NO4/c1-5-9-3(2-6)4(7)8/h3,6H,1-2H2,(H,7,8)/t3-/m1/s1. The smallest absolute Gasteiger partial charge is 0.350 e. The van der Waals surface area contributed by atoms with Gasteiger partial charge >= 0.3 is 5.97 Å². The van der Waals surface area contributed by atoms with E-state index in [2.05, 4.69) is 16.7 Å². The van der Waals surface area contributed by atoms with Gasteiger partial charge in [0.25, 0.3) is 0 Å². The Morgan fingerprint density at radius 1 is 1.89 bits per heavy atom. The van der Waals surface area contributed by atoms with Crippen molar-refractivity contribution >= 4 is 12.7 Å². The number of nitrogens with zero attached hydrogens (tertiary/aromatic N) is 1. The van der Waals surface area contributed by atoms with Crippen LogP contribution < -0.4 is 0 Å². The van der Waals surface area contributed by atoms with Gasteiger partial charge < -0.3 is 15.1 Å². The Morgan fingerprint density at radius 3 is 2.56 bits per heavy atom. The molecule has 0 saturated carbocycles. The largest absolute Gasteiger partial charge is 0.478 e. The normalized spacial score (nSPS) is 12.1. The molecule has 0 aliphatic rings. The Hall–Kier alpha value is -1.10. The molecule has 0 saturated heterocycles. The third-order valence-electron chi connectivity index (χ3n) is 0.643. The number of hydrogen-bond acceptors (Lipinski definition) is 4. The Morgan fingerprint density at radius 2 is 2.44 bits per heavy atom. The van der Waals surface area contributed by atoms with Crippen LogP contribution in [0.2, 0.25) is 0 Å². The number of oxime groups is 1. The first-order valence-corrected chi connectivity index (χ1v) is 2.18. The fraction of sp³-hybridized carbons (Fsp3) is 0.500. The highest BCUT2D eigenvalue weighted by Crippen LogP contribution is 1.89. The third kappa shape index (κ3) is 2.65. The summed E-state index contributed by atoms with van der Waals surface area (Å²) >= 11 is 0. The summed E-state index contributed by atoms with van der Waals surface area (Å²) in [5.41, 5.74) is 0. The summed E-state index contributed by atoms with van der Waals surface area (Å²) in [4.78, 5) is 14.1. The van der Waals surface area contributed by atoms with Gasteiger partial charge in [-0.2, -0.15) is 0 Å². The molecule has 2 N–H and O–H groups in total. The number of aliphatic hydroxyl groups is 1. The number of aliphatic carboxylic acids is 1. The number of aliphatic hydroxyl groups excluding tert-OH is 1. The second-order valence-electron chi connectivity index (χ2n) is 1.24. The highest BCUT2D eigenvalue weighted by Gasteiger charge is 2.16. The topological polar surface area (TPSA) is 79.1 Å². The van der Waals surface area contributed by atoms with Gasteiger partial charge in [-0.1, -0.05) is 0 Å². The molecule has 5 nitrogen and oxygen atoms in total. The maximum Gasteiger partial charge on any atom is 0.350 e. The monoisotopic (exact) mass is 133 g/mol. The van der Waals surface area contributed by atoms with Gasteiger partial charge in [0.15, 0.2) is 0 Å². The van der Waals surface area contributed by atoms with Crippen LogP contribution >= 0.6 is 0 Å². The quantitative estimate of drug-likeness (QED) is 0.383. The molecular weight excluding hydrogens is 126 g/mol. The summed E-state index contributed by atoms with van der Waals surface area (Å²) in [5, 5.41) is 19.2. The molecular formula is C4H7NO4. The van der Waals surface area contributed by atoms with E-state index in [-0.39, 0.29) is 0 Å². The van der Waals surface area contributed by atoms with Crippen LogP contribution in [0.3, 0.4) is 0 Å². The van der Waals surface area contributed by atoms with Gasteiger partial charge in [-0.15, -0.1) is 5.16 Å². The molecule has 0 aromatic rings. The van der Waals surface area contributed by atoms with Gasteiger partial charge in [0.1, 0.15) is 0 Å². The predicted molar refractivity (Wildman–Crippen MR) is 29.1 cm³/mol. The number of carbonyl (C=O) groups is 1. The van der Waals surface area contributed by atoms with Crippen molar-refractivity contribution in [3.8, 4) is 0 Å². The molecule has 1 atom stereocenters. The van der Waals surface area contributed by atoms with Gasteiger partial charge in [-0.05, 0) is 0 Å². The number of carboxylic acid groups (broad SMARTS) is 1. The van der Waals surface area contributed by atoms with Crippen molar-refractivity contribution < 1.29 is 19.8 Å². The molecule has 0 aliphatic heterocycles. The van der Waals surface area contributed by atoms with Gasteiger partial charge in [0.2, 0.25) is 6.10 Å². The van der Waals surface area contributed by atoms with E-state index in [1.165, 1.54) is 0 Å². The molecule has 0 radical (unpaired) electrons. The molecule has 5 heteroatoms. The lowest BCUT2D eigenvalue weighted by molar-refractivity contribution is -0.152. The molecule has 0 rings (SSSR count). The molecule has 0 fully saturated rings. The predicted octanol–water partition coefficient (Wildman–Crippen LogP) is -0.936. The third-order valence-corrected chi connectivity index (χ3v) is 0.643. The fourth-order valence-electron chi connectivity index (χ4n) is 0.246. The Bertz CT molecular complexity index is 113. The highest BCUT2D eigenvalue weighted by molar-refractivity contribution is 5.72. The second kappa shape index (κ2) is 3.85. The summed E-state index contributed by atoms with van der Waals surface area (Å²) in [6, 6.07) is 0. The maximum absolute atomic E-state index is 9.95.